The van der Waals surface area contributed by atoms with E-state index in [2.05, 4.69) is 5.32 Å². The molecular weight excluding hydrogens is 403 g/mol. The van der Waals surface area contributed by atoms with Crippen molar-refractivity contribution in [2.45, 2.75) is 13.5 Å². The van der Waals surface area contributed by atoms with Crippen LogP contribution in [0.4, 0.5) is 9.18 Å². The van der Waals surface area contributed by atoms with Gasteiger partial charge in [0, 0.05) is 17.2 Å². The number of carboxylic acids is 1. The molecule has 3 amide bonds. The third-order valence-electron chi connectivity index (χ3n) is 4.99. The number of carbonyl (C=O) groups excluding carboxylic acids is 2. The lowest BCUT2D eigenvalue weighted by Crippen LogP contribution is -2.30. The molecule has 7 nitrogen and oxygen atoms in total. The number of imide groups is 1. The fourth-order valence-electron chi connectivity index (χ4n) is 3.36. The van der Waals surface area contributed by atoms with Gasteiger partial charge >= 0.3 is 12.0 Å². The molecule has 4 rings (SSSR count). The van der Waals surface area contributed by atoms with Gasteiger partial charge in [0.05, 0.1) is 12.1 Å². The van der Waals surface area contributed by atoms with Crippen molar-refractivity contribution in [3.8, 4) is 11.3 Å². The SMILES string of the molecule is Cc1c(C(=O)O)cccc1-c1ccc(/C=C2\NC(=O)N(Cc3ccccc3F)C2=O)o1. The van der Waals surface area contributed by atoms with Gasteiger partial charge in [-0.25, -0.2) is 14.0 Å². The van der Waals surface area contributed by atoms with E-state index in [0.717, 1.165) is 4.90 Å². The average molecular weight is 420 g/mol. The van der Waals surface area contributed by atoms with Crippen molar-refractivity contribution >= 4 is 24.0 Å². The van der Waals surface area contributed by atoms with Gasteiger partial charge in [0.1, 0.15) is 23.0 Å². The molecule has 2 heterocycles. The fourth-order valence-corrected chi connectivity index (χ4v) is 3.36. The van der Waals surface area contributed by atoms with E-state index in [4.69, 9.17) is 4.42 Å². The molecule has 1 aromatic heterocycles. The second kappa shape index (κ2) is 7.91. The maximum Gasteiger partial charge on any atom is 0.335 e. The highest BCUT2D eigenvalue weighted by atomic mass is 19.1. The Bertz CT molecular complexity index is 1240. The number of urea groups is 1. The molecule has 31 heavy (non-hydrogen) atoms. The summed E-state index contributed by atoms with van der Waals surface area (Å²) in [5, 5.41) is 11.8. The van der Waals surface area contributed by atoms with Crippen LogP contribution in [0.3, 0.4) is 0 Å². The van der Waals surface area contributed by atoms with Gasteiger partial charge in [0.25, 0.3) is 5.91 Å². The number of carbonyl (C=O) groups is 3. The highest BCUT2D eigenvalue weighted by Gasteiger charge is 2.34. The number of halogens is 1. The third-order valence-corrected chi connectivity index (χ3v) is 4.99. The molecule has 1 saturated heterocycles. The van der Waals surface area contributed by atoms with Crippen LogP contribution < -0.4 is 5.32 Å². The van der Waals surface area contributed by atoms with Crippen LogP contribution in [0.1, 0.15) is 27.2 Å². The molecule has 3 aromatic rings. The van der Waals surface area contributed by atoms with Crippen molar-refractivity contribution in [2.24, 2.45) is 0 Å². The minimum atomic E-state index is -1.04. The molecule has 156 valence electrons. The van der Waals surface area contributed by atoms with E-state index in [0.29, 0.717) is 22.6 Å². The molecular formula is C23H17FN2O5. The Labute approximate surface area is 176 Å². The number of aromatic carboxylic acids is 1. The van der Waals surface area contributed by atoms with Crippen molar-refractivity contribution in [2.75, 3.05) is 0 Å². The van der Waals surface area contributed by atoms with Crippen molar-refractivity contribution < 1.29 is 28.3 Å². The first-order valence-electron chi connectivity index (χ1n) is 9.36. The maximum absolute atomic E-state index is 13.9. The van der Waals surface area contributed by atoms with E-state index >= 15 is 0 Å². The van der Waals surface area contributed by atoms with Crippen molar-refractivity contribution in [1.29, 1.82) is 0 Å². The molecule has 2 aromatic carbocycles. The predicted molar refractivity (Wildman–Crippen MR) is 109 cm³/mol. The van der Waals surface area contributed by atoms with Crippen LogP contribution in [-0.4, -0.2) is 27.9 Å². The van der Waals surface area contributed by atoms with E-state index in [1.165, 1.54) is 30.3 Å². The topological polar surface area (TPSA) is 99.9 Å². The van der Waals surface area contributed by atoms with Crippen LogP contribution in [0.2, 0.25) is 0 Å². The summed E-state index contributed by atoms with van der Waals surface area (Å²) in [5.74, 6) is -1.42. The summed E-state index contributed by atoms with van der Waals surface area (Å²) in [6, 6.07) is 13.4. The number of nitrogens with one attached hydrogen (secondary N) is 1. The number of amides is 3. The van der Waals surface area contributed by atoms with Crippen molar-refractivity contribution in [3.63, 3.8) is 0 Å². The van der Waals surface area contributed by atoms with Crippen LogP contribution in [0.15, 0.2) is 64.7 Å². The summed E-state index contributed by atoms with van der Waals surface area (Å²) in [6.45, 7) is 1.49. The number of hydrogen-bond acceptors (Lipinski definition) is 4. The van der Waals surface area contributed by atoms with Crippen LogP contribution in [0, 0.1) is 12.7 Å². The fraction of sp³-hybridized carbons (Fsp3) is 0.0870. The van der Waals surface area contributed by atoms with Crippen LogP contribution in [0.5, 0.6) is 0 Å². The summed E-state index contributed by atoms with van der Waals surface area (Å²) in [4.78, 5) is 37.1. The van der Waals surface area contributed by atoms with Crippen LogP contribution in [0.25, 0.3) is 17.4 Å². The Balaban J connectivity index is 1.58. The highest BCUT2D eigenvalue weighted by molar-refractivity contribution is 6.13. The molecule has 0 atom stereocenters. The van der Waals surface area contributed by atoms with E-state index < -0.39 is 23.7 Å². The summed E-state index contributed by atoms with van der Waals surface area (Å²) < 4.78 is 19.6. The molecule has 0 aliphatic carbocycles. The minimum absolute atomic E-state index is 0.00162. The number of nitrogens with zero attached hydrogens (tertiary/aromatic N) is 1. The monoisotopic (exact) mass is 420 g/mol. The van der Waals surface area contributed by atoms with E-state index in [1.54, 1.807) is 37.3 Å². The minimum Gasteiger partial charge on any atom is -0.478 e. The maximum atomic E-state index is 13.9. The molecule has 8 heteroatoms. The normalized spacial score (nSPS) is 14.9. The number of rotatable bonds is 5. The first-order chi connectivity index (χ1) is 14.8. The summed E-state index contributed by atoms with van der Waals surface area (Å²) >= 11 is 0. The first-order valence-corrected chi connectivity index (χ1v) is 9.36. The quantitative estimate of drug-likeness (QED) is 0.476. The van der Waals surface area contributed by atoms with Gasteiger partial charge in [-0.05, 0) is 36.8 Å². The molecule has 1 aliphatic heterocycles. The molecule has 0 radical (unpaired) electrons. The van der Waals surface area contributed by atoms with Gasteiger partial charge in [-0.3, -0.25) is 9.69 Å². The molecule has 0 unspecified atom stereocenters. The van der Waals surface area contributed by atoms with E-state index in [9.17, 15) is 23.9 Å². The molecule has 0 spiro atoms. The molecule has 1 fully saturated rings. The molecule has 2 N–H and O–H groups in total. The zero-order valence-corrected chi connectivity index (χ0v) is 16.4. The van der Waals surface area contributed by atoms with Gasteiger partial charge in [0.2, 0.25) is 0 Å². The van der Waals surface area contributed by atoms with Gasteiger partial charge in [-0.2, -0.15) is 0 Å². The molecule has 0 saturated carbocycles. The lowest BCUT2D eigenvalue weighted by Gasteiger charge is -2.12. The smallest absolute Gasteiger partial charge is 0.335 e. The average Bonchev–Trinajstić information content (AvgIpc) is 3.29. The van der Waals surface area contributed by atoms with E-state index in [1.807, 2.05) is 0 Å². The lowest BCUT2D eigenvalue weighted by atomic mass is 10.0. The summed E-state index contributed by atoms with van der Waals surface area (Å²) in [5.41, 5.74) is 1.53. The number of furan rings is 1. The number of carboxylic acid groups (broad SMARTS) is 1. The molecule has 0 bridgehead atoms. The van der Waals surface area contributed by atoms with Gasteiger partial charge in [0.15, 0.2) is 0 Å². The Morgan fingerprint density at radius 2 is 1.90 bits per heavy atom. The van der Waals surface area contributed by atoms with Crippen molar-refractivity contribution in [3.05, 3.63) is 88.6 Å². The summed E-state index contributed by atoms with van der Waals surface area (Å²) in [7, 11) is 0. The Kier molecular flexibility index (Phi) is 5.12. The van der Waals surface area contributed by atoms with Crippen LogP contribution in [-0.2, 0) is 11.3 Å². The van der Waals surface area contributed by atoms with Crippen molar-refractivity contribution in [1.82, 2.24) is 10.2 Å². The lowest BCUT2D eigenvalue weighted by molar-refractivity contribution is -0.123. The second-order valence-corrected chi connectivity index (χ2v) is 6.96. The van der Waals surface area contributed by atoms with Gasteiger partial charge in [-0.1, -0.05) is 30.3 Å². The highest BCUT2D eigenvalue weighted by Crippen LogP contribution is 2.29. The predicted octanol–water partition coefficient (Wildman–Crippen LogP) is 4.19. The number of benzene rings is 2. The largest absolute Gasteiger partial charge is 0.478 e. The van der Waals surface area contributed by atoms with E-state index in [-0.39, 0.29) is 23.4 Å². The van der Waals surface area contributed by atoms with Crippen LogP contribution >= 0.6 is 0 Å². The third kappa shape index (κ3) is 3.83. The Morgan fingerprint density at radius 3 is 2.65 bits per heavy atom. The van der Waals surface area contributed by atoms with Gasteiger partial charge in [-0.15, -0.1) is 0 Å². The zero-order valence-electron chi connectivity index (χ0n) is 16.4. The van der Waals surface area contributed by atoms with Gasteiger partial charge < -0.3 is 14.8 Å². The number of hydrogen-bond donors (Lipinski definition) is 2. The first kappa shape index (κ1) is 20.1. The summed E-state index contributed by atoms with van der Waals surface area (Å²) in [6.07, 6.45) is 1.38. The Hall–Kier alpha value is -4.20. The Morgan fingerprint density at radius 1 is 1.13 bits per heavy atom. The zero-order chi connectivity index (χ0) is 22.1. The second-order valence-electron chi connectivity index (χ2n) is 6.96. The standard InChI is InChI=1S/C23H17FN2O5/c1-13-16(6-4-7-17(13)22(28)29)20-10-9-15(31-20)11-19-21(27)26(23(30)25-19)12-14-5-2-3-8-18(14)24/h2-11H,12H2,1H3,(H,25,30)(H,28,29)/b19-11-. The molecule has 1 aliphatic rings.